The molecule has 0 bridgehead atoms. The predicted octanol–water partition coefficient (Wildman–Crippen LogP) is 0.827. The lowest BCUT2D eigenvalue weighted by atomic mass is 10.0. The maximum absolute atomic E-state index is 11.4. The van der Waals surface area contributed by atoms with E-state index in [1.54, 1.807) is 0 Å². The van der Waals surface area contributed by atoms with Crippen LogP contribution in [0.3, 0.4) is 0 Å². The Kier molecular flexibility index (Phi) is 6.31. The fourth-order valence-corrected chi connectivity index (χ4v) is 3.20. The van der Waals surface area contributed by atoms with E-state index in [1.165, 1.54) is 6.42 Å². The van der Waals surface area contributed by atoms with E-state index in [0.29, 0.717) is 24.6 Å². The summed E-state index contributed by atoms with van der Waals surface area (Å²) in [6.45, 7) is 5.03. The van der Waals surface area contributed by atoms with E-state index in [9.17, 15) is 8.42 Å². The SMILES string of the molecule is CCCS(=O)(=O)CCNCC1CCCOC1. The van der Waals surface area contributed by atoms with Gasteiger partial charge in [0.05, 0.1) is 12.4 Å². The van der Waals surface area contributed by atoms with E-state index in [2.05, 4.69) is 5.32 Å². The van der Waals surface area contributed by atoms with Crippen LogP contribution < -0.4 is 5.32 Å². The van der Waals surface area contributed by atoms with Gasteiger partial charge in [0.2, 0.25) is 0 Å². The summed E-state index contributed by atoms with van der Waals surface area (Å²) in [7, 11) is -2.83. The standard InChI is InChI=1S/C11H23NO3S/c1-2-7-16(13,14)8-5-12-9-11-4-3-6-15-10-11/h11-12H,2-10H2,1H3. The van der Waals surface area contributed by atoms with Crippen molar-refractivity contribution in [3.8, 4) is 0 Å². The fourth-order valence-electron chi connectivity index (χ4n) is 1.92. The average Bonchev–Trinajstić information content (AvgIpc) is 2.26. The molecule has 0 aromatic carbocycles. The first kappa shape index (κ1) is 13.9. The Labute approximate surface area is 98.7 Å². The summed E-state index contributed by atoms with van der Waals surface area (Å²) in [5, 5.41) is 3.21. The Hall–Kier alpha value is -0.130. The smallest absolute Gasteiger partial charge is 0.151 e. The summed E-state index contributed by atoms with van der Waals surface area (Å²) in [6, 6.07) is 0. The van der Waals surface area contributed by atoms with Crippen molar-refractivity contribution in [2.75, 3.05) is 37.8 Å². The van der Waals surface area contributed by atoms with Gasteiger partial charge in [0, 0.05) is 25.4 Å². The zero-order chi connectivity index (χ0) is 11.9. The topological polar surface area (TPSA) is 55.4 Å². The minimum Gasteiger partial charge on any atom is -0.381 e. The van der Waals surface area contributed by atoms with Crippen molar-refractivity contribution in [2.24, 2.45) is 5.92 Å². The molecule has 0 saturated carbocycles. The van der Waals surface area contributed by atoms with Gasteiger partial charge < -0.3 is 10.1 Å². The van der Waals surface area contributed by atoms with Crippen LogP contribution >= 0.6 is 0 Å². The molecule has 1 unspecified atom stereocenters. The van der Waals surface area contributed by atoms with Gasteiger partial charge in [-0.3, -0.25) is 0 Å². The molecule has 1 atom stereocenters. The molecule has 1 N–H and O–H groups in total. The van der Waals surface area contributed by atoms with Crippen LogP contribution in [0.2, 0.25) is 0 Å². The van der Waals surface area contributed by atoms with Gasteiger partial charge in [-0.2, -0.15) is 0 Å². The van der Waals surface area contributed by atoms with Crippen molar-refractivity contribution in [1.29, 1.82) is 0 Å². The highest BCUT2D eigenvalue weighted by Crippen LogP contribution is 2.11. The second-order valence-corrected chi connectivity index (χ2v) is 6.74. The number of nitrogens with one attached hydrogen (secondary N) is 1. The average molecular weight is 249 g/mol. The van der Waals surface area contributed by atoms with Crippen LogP contribution in [-0.2, 0) is 14.6 Å². The lowest BCUT2D eigenvalue weighted by Gasteiger charge is -2.22. The molecule has 16 heavy (non-hydrogen) atoms. The minimum absolute atomic E-state index is 0.258. The summed E-state index contributed by atoms with van der Waals surface area (Å²) >= 11 is 0. The van der Waals surface area contributed by atoms with Crippen LogP contribution in [-0.4, -0.2) is 46.2 Å². The van der Waals surface area contributed by atoms with Gasteiger partial charge in [-0.15, -0.1) is 0 Å². The van der Waals surface area contributed by atoms with Crippen LogP contribution in [0.15, 0.2) is 0 Å². The normalized spacial score (nSPS) is 22.2. The molecule has 1 aliphatic heterocycles. The van der Waals surface area contributed by atoms with Gasteiger partial charge in [0.15, 0.2) is 9.84 Å². The van der Waals surface area contributed by atoms with Crippen LogP contribution in [0.5, 0.6) is 0 Å². The number of ether oxygens (including phenoxy) is 1. The Morgan fingerprint density at radius 1 is 1.38 bits per heavy atom. The largest absolute Gasteiger partial charge is 0.381 e. The van der Waals surface area contributed by atoms with Crippen molar-refractivity contribution in [3.05, 3.63) is 0 Å². The molecule has 96 valence electrons. The van der Waals surface area contributed by atoms with Gasteiger partial charge in [-0.1, -0.05) is 6.92 Å². The summed E-state index contributed by atoms with van der Waals surface area (Å²) < 4.78 is 28.2. The maximum atomic E-state index is 11.4. The Bertz CT molecular complexity index is 271. The van der Waals surface area contributed by atoms with E-state index in [1.807, 2.05) is 6.92 Å². The second-order valence-electron chi connectivity index (χ2n) is 4.44. The molecular formula is C11H23NO3S. The summed E-state index contributed by atoms with van der Waals surface area (Å²) in [5.74, 6) is 1.12. The summed E-state index contributed by atoms with van der Waals surface area (Å²) in [4.78, 5) is 0. The molecular weight excluding hydrogens is 226 g/mol. The Morgan fingerprint density at radius 3 is 2.81 bits per heavy atom. The molecule has 0 aromatic heterocycles. The molecule has 0 spiro atoms. The molecule has 1 rings (SSSR count). The van der Waals surface area contributed by atoms with Crippen molar-refractivity contribution < 1.29 is 13.2 Å². The number of sulfone groups is 1. The Balaban J connectivity index is 2.06. The molecule has 0 amide bonds. The van der Waals surface area contributed by atoms with E-state index < -0.39 is 9.84 Å². The van der Waals surface area contributed by atoms with Crippen LogP contribution in [0, 0.1) is 5.92 Å². The van der Waals surface area contributed by atoms with Crippen molar-refractivity contribution in [3.63, 3.8) is 0 Å². The van der Waals surface area contributed by atoms with Crippen molar-refractivity contribution in [1.82, 2.24) is 5.32 Å². The molecule has 1 aliphatic rings. The first-order valence-electron chi connectivity index (χ1n) is 6.13. The first-order chi connectivity index (χ1) is 7.64. The molecule has 0 aliphatic carbocycles. The minimum atomic E-state index is -2.83. The third kappa shape index (κ3) is 5.82. The maximum Gasteiger partial charge on any atom is 0.151 e. The van der Waals surface area contributed by atoms with Gasteiger partial charge in [0.1, 0.15) is 0 Å². The lowest BCUT2D eigenvalue weighted by Crippen LogP contribution is -2.32. The van der Waals surface area contributed by atoms with Crippen molar-refractivity contribution in [2.45, 2.75) is 26.2 Å². The second kappa shape index (κ2) is 7.25. The number of rotatable bonds is 7. The fraction of sp³-hybridized carbons (Fsp3) is 1.00. The first-order valence-corrected chi connectivity index (χ1v) is 7.95. The van der Waals surface area contributed by atoms with E-state index in [0.717, 1.165) is 26.2 Å². The van der Waals surface area contributed by atoms with Crippen molar-refractivity contribution >= 4 is 9.84 Å². The predicted molar refractivity (Wildman–Crippen MR) is 65.4 cm³/mol. The highest BCUT2D eigenvalue weighted by Gasteiger charge is 2.14. The van der Waals surface area contributed by atoms with Gasteiger partial charge in [0.25, 0.3) is 0 Å². The zero-order valence-corrected chi connectivity index (χ0v) is 10.9. The summed E-state index contributed by atoms with van der Waals surface area (Å²) in [6.07, 6.45) is 3.02. The molecule has 1 saturated heterocycles. The molecule has 5 heteroatoms. The third-order valence-corrected chi connectivity index (χ3v) is 4.65. The molecule has 0 aromatic rings. The zero-order valence-electron chi connectivity index (χ0n) is 10.1. The van der Waals surface area contributed by atoms with Gasteiger partial charge >= 0.3 is 0 Å². The lowest BCUT2D eigenvalue weighted by molar-refractivity contribution is 0.0551. The molecule has 1 fully saturated rings. The summed E-state index contributed by atoms with van der Waals surface area (Å²) in [5.41, 5.74) is 0. The molecule has 1 heterocycles. The number of hydrogen-bond donors (Lipinski definition) is 1. The van der Waals surface area contributed by atoms with Gasteiger partial charge in [-0.25, -0.2) is 8.42 Å². The van der Waals surface area contributed by atoms with E-state index >= 15 is 0 Å². The third-order valence-electron chi connectivity index (χ3n) is 2.79. The highest BCUT2D eigenvalue weighted by molar-refractivity contribution is 7.91. The van der Waals surface area contributed by atoms with E-state index in [4.69, 9.17) is 4.74 Å². The number of hydrogen-bond acceptors (Lipinski definition) is 4. The molecule has 0 radical (unpaired) electrons. The Morgan fingerprint density at radius 2 is 2.19 bits per heavy atom. The quantitative estimate of drug-likeness (QED) is 0.679. The van der Waals surface area contributed by atoms with Crippen LogP contribution in [0.25, 0.3) is 0 Å². The molecule has 4 nitrogen and oxygen atoms in total. The van der Waals surface area contributed by atoms with Crippen LogP contribution in [0.1, 0.15) is 26.2 Å². The van der Waals surface area contributed by atoms with Crippen LogP contribution in [0.4, 0.5) is 0 Å². The highest BCUT2D eigenvalue weighted by atomic mass is 32.2. The van der Waals surface area contributed by atoms with E-state index in [-0.39, 0.29) is 5.75 Å². The van der Waals surface area contributed by atoms with Gasteiger partial charge in [-0.05, 0) is 25.2 Å². The monoisotopic (exact) mass is 249 g/mol.